The van der Waals surface area contributed by atoms with E-state index >= 15 is 0 Å². The van der Waals surface area contributed by atoms with Gasteiger partial charge >= 0.3 is 0 Å². The van der Waals surface area contributed by atoms with E-state index in [0.29, 0.717) is 0 Å². The smallest absolute Gasteiger partial charge is 0.262 e. The maximum atomic E-state index is 12.1. The van der Waals surface area contributed by atoms with Gasteiger partial charge in [0.15, 0.2) is 0 Å². The highest BCUT2D eigenvalue weighted by Gasteiger charge is 2.13. The molecule has 0 aromatic carbocycles. The quantitative estimate of drug-likeness (QED) is 0.592. The first kappa shape index (κ1) is 19.5. The predicted molar refractivity (Wildman–Crippen MR) is 94.1 cm³/mol. The molecule has 0 fully saturated rings. The van der Waals surface area contributed by atoms with Crippen LogP contribution in [0.15, 0.2) is 11.6 Å². The summed E-state index contributed by atoms with van der Waals surface area (Å²) in [7, 11) is 0. The van der Waals surface area contributed by atoms with E-state index in [9.17, 15) is 14.9 Å². The minimum Gasteiger partial charge on any atom is -0.352 e. The molecular weight excluding hydrogens is 304 g/mol. The zero-order valence-electron chi connectivity index (χ0n) is 15.1. The molecule has 0 aliphatic carbocycles. The van der Waals surface area contributed by atoms with Crippen LogP contribution in [0.25, 0.3) is 6.08 Å². The Morgan fingerprint density at radius 2 is 2.04 bits per heavy atom. The van der Waals surface area contributed by atoms with Crippen LogP contribution < -0.4 is 10.6 Å². The molecule has 1 aromatic heterocycles. The summed E-state index contributed by atoms with van der Waals surface area (Å²) in [5, 5.41) is 14.4. The molecule has 6 heteroatoms. The van der Waals surface area contributed by atoms with Gasteiger partial charge in [-0.15, -0.1) is 0 Å². The number of hydrogen-bond donors (Lipinski definition) is 2. The van der Waals surface area contributed by atoms with Crippen molar-refractivity contribution < 1.29 is 9.59 Å². The molecule has 0 saturated heterocycles. The Bertz CT molecular complexity index is 678. The van der Waals surface area contributed by atoms with Gasteiger partial charge < -0.3 is 15.2 Å². The maximum Gasteiger partial charge on any atom is 0.262 e. The van der Waals surface area contributed by atoms with Crippen LogP contribution in [-0.2, 0) is 16.1 Å². The number of nitrogens with zero attached hydrogens (tertiary/aromatic N) is 2. The number of carbonyl (C=O) groups excluding carboxylic acids is 2. The summed E-state index contributed by atoms with van der Waals surface area (Å²) in [6.45, 7) is 10.5. The summed E-state index contributed by atoms with van der Waals surface area (Å²) in [5.74, 6) is -0.825. The molecule has 0 atom stereocenters. The Morgan fingerprint density at radius 3 is 2.58 bits per heavy atom. The van der Waals surface area contributed by atoms with Crippen LogP contribution in [0.5, 0.6) is 0 Å². The third kappa shape index (κ3) is 5.27. The monoisotopic (exact) mass is 330 g/mol. The van der Waals surface area contributed by atoms with Crippen LogP contribution in [0.4, 0.5) is 0 Å². The Kier molecular flexibility index (Phi) is 7.25. The van der Waals surface area contributed by atoms with E-state index in [4.69, 9.17) is 0 Å². The number of rotatable bonds is 7. The van der Waals surface area contributed by atoms with Gasteiger partial charge in [-0.1, -0.05) is 6.92 Å². The first-order valence-corrected chi connectivity index (χ1v) is 8.16. The summed E-state index contributed by atoms with van der Waals surface area (Å²) in [6.07, 6.45) is 2.58. The highest BCUT2D eigenvalue weighted by molar-refractivity contribution is 6.03. The number of hydrogen-bond acceptors (Lipinski definition) is 3. The molecule has 0 aliphatic rings. The van der Waals surface area contributed by atoms with Crippen molar-refractivity contribution in [3.8, 4) is 6.07 Å². The first-order valence-electron chi connectivity index (χ1n) is 8.16. The second-order valence-corrected chi connectivity index (χ2v) is 6.05. The minimum atomic E-state index is -0.545. The second kappa shape index (κ2) is 8.92. The third-order valence-corrected chi connectivity index (χ3v) is 3.58. The fraction of sp³-hybridized carbons (Fsp3) is 0.500. The molecule has 1 aromatic rings. The molecule has 24 heavy (non-hydrogen) atoms. The first-order chi connectivity index (χ1) is 11.3. The lowest BCUT2D eigenvalue weighted by molar-refractivity contribution is -0.124. The van der Waals surface area contributed by atoms with Gasteiger partial charge in [0.2, 0.25) is 5.91 Å². The molecule has 0 unspecified atom stereocenters. The van der Waals surface area contributed by atoms with Gasteiger partial charge in [-0.3, -0.25) is 9.59 Å². The fourth-order valence-electron chi connectivity index (χ4n) is 2.47. The van der Waals surface area contributed by atoms with E-state index in [2.05, 4.69) is 22.1 Å². The predicted octanol–water partition coefficient (Wildman–Crippen LogP) is 2.06. The van der Waals surface area contributed by atoms with Gasteiger partial charge in [0.05, 0.1) is 6.54 Å². The van der Waals surface area contributed by atoms with Crippen molar-refractivity contribution in [2.75, 3.05) is 6.54 Å². The molecule has 0 spiro atoms. The zero-order valence-corrected chi connectivity index (χ0v) is 15.1. The number of nitrogens with one attached hydrogen (secondary N) is 2. The third-order valence-electron chi connectivity index (χ3n) is 3.58. The summed E-state index contributed by atoms with van der Waals surface area (Å²) < 4.78 is 2.16. The van der Waals surface area contributed by atoms with Crippen LogP contribution in [0.2, 0.25) is 0 Å². The van der Waals surface area contributed by atoms with Crippen molar-refractivity contribution in [3.05, 3.63) is 28.6 Å². The van der Waals surface area contributed by atoms with E-state index in [1.165, 1.54) is 0 Å². The Morgan fingerprint density at radius 1 is 1.38 bits per heavy atom. The summed E-state index contributed by atoms with van der Waals surface area (Å²) in [4.78, 5) is 23.7. The van der Waals surface area contributed by atoms with Gasteiger partial charge in [0, 0.05) is 24.0 Å². The number of nitriles is 1. The molecule has 6 nitrogen and oxygen atoms in total. The zero-order chi connectivity index (χ0) is 18.3. The number of amides is 2. The number of aromatic nitrogens is 1. The van der Waals surface area contributed by atoms with Crippen molar-refractivity contribution in [2.24, 2.45) is 0 Å². The molecule has 1 heterocycles. The van der Waals surface area contributed by atoms with Crippen molar-refractivity contribution in [1.82, 2.24) is 15.2 Å². The molecule has 130 valence electrons. The highest BCUT2D eigenvalue weighted by Crippen LogP contribution is 2.18. The van der Waals surface area contributed by atoms with Crippen LogP contribution in [0.3, 0.4) is 0 Å². The van der Waals surface area contributed by atoms with Gasteiger partial charge in [0.25, 0.3) is 5.91 Å². The Hall–Kier alpha value is -2.55. The van der Waals surface area contributed by atoms with Gasteiger partial charge in [0.1, 0.15) is 11.6 Å². The van der Waals surface area contributed by atoms with E-state index in [0.717, 1.165) is 29.9 Å². The van der Waals surface area contributed by atoms with E-state index in [-0.39, 0.29) is 24.1 Å². The van der Waals surface area contributed by atoms with E-state index in [1.807, 2.05) is 39.8 Å². The molecule has 0 radical (unpaired) electrons. The lowest BCUT2D eigenvalue weighted by Crippen LogP contribution is -2.40. The van der Waals surface area contributed by atoms with Gasteiger partial charge in [-0.2, -0.15) is 5.26 Å². The average molecular weight is 330 g/mol. The molecule has 2 N–H and O–H groups in total. The van der Waals surface area contributed by atoms with E-state index in [1.54, 1.807) is 6.08 Å². The van der Waals surface area contributed by atoms with E-state index < -0.39 is 5.91 Å². The maximum absolute atomic E-state index is 12.1. The largest absolute Gasteiger partial charge is 0.352 e. The van der Waals surface area contributed by atoms with Crippen LogP contribution in [0, 0.1) is 25.2 Å². The van der Waals surface area contributed by atoms with Crippen LogP contribution >= 0.6 is 0 Å². The lowest BCUT2D eigenvalue weighted by Gasteiger charge is -2.09. The topological polar surface area (TPSA) is 86.9 Å². The molecule has 0 bridgehead atoms. The van der Waals surface area contributed by atoms with Crippen molar-refractivity contribution in [1.29, 1.82) is 5.26 Å². The lowest BCUT2D eigenvalue weighted by atomic mass is 10.1. The molecule has 0 saturated carbocycles. The number of carbonyl (C=O) groups is 2. The van der Waals surface area contributed by atoms with Crippen molar-refractivity contribution >= 4 is 17.9 Å². The second-order valence-electron chi connectivity index (χ2n) is 6.05. The minimum absolute atomic E-state index is 0.00402. The standard InChI is InChI=1S/C18H26N4O2/c1-6-7-22-13(4)8-15(14(22)5)9-16(10-19)18(24)20-11-17(23)21-12(2)3/h8-9,12H,6-7,11H2,1-5H3,(H,20,24)(H,21,23)/b16-9+. The molecule has 2 amide bonds. The normalized spacial score (nSPS) is 11.3. The highest BCUT2D eigenvalue weighted by atomic mass is 16.2. The Labute approximate surface area is 143 Å². The SMILES string of the molecule is CCCn1c(C)cc(/C=C(\C#N)C(=O)NCC(=O)NC(C)C)c1C. The van der Waals surface area contributed by atoms with Gasteiger partial charge in [-0.25, -0.2) is 0 Å². The molecular formula is C18H26N4O2. The number of aryl methyl sites for hydroxylation is 1. The summed E-state index contributed by atoms with van der Waals surface area (Å²) in [5.41, 5.74) is 2.95. The summed E-state index contributed by atoms with van der Waals surface area (Å²) in [6, 6.07) is 3.87. The average Bonchev–Trinajstić information content (AvgIpc) is 2.77. The molecule has 1 rings (SSSR count). The Balaban J connectivity index is 2.88. The molecule has 0 aliphatic heterocycles. The van der Waals surface area contributed by atoms with Crippen molar-refractivity contribution in [3.63, 3.8) is 0 Å². The van der Waals surface area contributed by atoms with Crippen molar-refractivity contribution in [2.45, 2.75) is 53.6 Å². The van der Waals surface area contributed by atoms with Crippen LogP contribution in [-0.4, -0.2) is 29.0 Å². The fourth-order valence-corrected chi connectivity index (χ4v) is 2.47. The van der Waals surface area contributed by atoms with Crippen LogP contribution in [0.1, 0.15) is 44.1 Å². The van der Waals surface area contributed by atoms with Gasteiger partial charge in [-0.05, 0) is 51.8 Å². The summed E-state index contributed by atoms with van der Waals surface area (Å²) >= 11 is 0.